The van der Waals surface area contributed by atoms with E-state index in [9.17, 15) is 0 Å². The predicted molar refractivity (Wildman–Crippen MR) is 50.1 cm³/mol. The second-order valence-corrected chi connectivity index (χ2v) is 2.89. The van der Waals surface area contributed by atoms with E-state index in [1.54, 1.807) is 0 Å². The number of aryl methyl sites for hydroxylation is 1. The first kappa shape index (κ1) is 9.75. The monoisotopic (exact) mass is 178 g/mol. The van der Waals surface area contributed by atoms with Crippen LogP contribution in [-0.2, 0) is 6.42 Å². The third kappa shape index (κ3) is 3.72. The molecule has 0 unspecified atom stereocenters. The van der Waals surface area contributed by atoms with Crippen molar-refractivity contribution in [2.75, 3.05) is 13.1 Å². The summed E-state index contributed by atoms with van der Waals surface area (Å²) in [5.74, 6) is 0.951. The van der Waals surface area contributed by atoms with Gasteiger partial charge in [0.1, 0.15) is 5.82 Å². The van der Waals surface area contributed by atoms with Gasteiger partial charge in [0.05, 0.1) is 11.8 Å². The van der Waals surface area contributed by atoms with Gasteiger partial charge in [0.2, 0.25) is 0 Å². The number of nitrogens with one attached hydrogen (secondary N) is 2. The summed E-state index contributed by atoms with van der Waals surface area (Å²) in [4.78, 5) is 7.30. The molecule has 0 atom stereocenters. The number of H-pyrrole nitrogens is 1. The van der Waals surface area contributed by atoms with Gasteiger partial charge in [-0.2, -0.15) is 5.26 Å². The fraction of sp³-hybridized carbons (Fsp3) is 0.556. The molecule has 13 heavy (non-hydrogen) atoms. The summed E-state index contributed by atoms with van der Waals surface area (Å²) in [7, 11) is 0. The van der Waals surface area contributed by atoms with E-state index in [2.05, 4.69) is 21.4 Å². The molecular formula is C9H14N4. The average molecular weight is 178 g/mol. The maximum atomic E-state index is 8.28. The lowest BCUT2D eigenvalue weighted by Gasteiger charge is -1.98. The smallest absolute Gasteiger partial charge is 0.103 e. The van der Waals surface area contributed by atoms with Crippen LogP contribution in [0.15, 0.2) is 6.20 Å². The molecular weight excluding hydrogens is 164 g/mol. The number of aromatic amines is 1. The van der Waals surface area contributed by atoms with Crippen LogP contribution in [0, 0.1) is 18.3 Å². The summed E-state index contributed by atoms with van der Waals surface area (Å²) in [5.41, 5.74) is 1.07. The van der Waals surface area contributed by atoms with Crippen LogP contribution in [0.3, 0.4) is 0 Å². The van der Waals surface area contributed by atoms with Crippen LogP contribution in [0.5, 0.6) is 0 Å². The van der Waals surface area contributed by atoms with E-state index < -0.39 is 0 Å². The third-order valence-electron chi connectivity index (χ3n) is 1.73. The highest BCUT2D eigenvalue weighted by Gasteiger charge is 1.95. The summed E-state index contributed by atoms with van der Waals surface area (Å²) in [6, 6.07) is 2.09. The summed E-state index contributed by atoms with van der Waals surface area (Å²) in [5, 5.41) is 11.4. The van der Waals surface area contributed by atoms with Crippen molar-refractivity contribution in [1.82, 2.24) is 15.3 Å². The molecule has 70 valence electrons. The van der Waals surface area contributed by atoms with E-state index in [0.29, 0.717) is 6.42 Å². The molecule has 1 heterocycles. The number of nitrogens with zero attached hydrogens (tertiary/aromatic N) is 2. The number of hydrogen-bond acceptors (Lipinski definition) is 3. The first-order valence-electron chi connectivity index (χ1n) is 4.41. The maximum Gasteiger partial charge on any atom is 0.103 e. The molecule has 0 aromatic carbocycles. The molecule has 0 fully saturated rings. The molecule has 1 rings (SSSR count). The van der Waals surface area contributed by atoms with Crippen molar-refractivity contribution in [2.45, 2.75) is 19.8 Å². The molecule has 0 radical (unpaired) electrons. The summed E-state index contributed by atoms with van der Waals surface area (Å²) in [6.07, 6.45) is 3.40. The Hall–Kier alpha value is -1.34. The van der Waals surface area contributed by atoms with Crippen molar-refractivity contribution in [3.05, 3.63) is 17.7 Å². The fourth-order valence-corrected chi connectivity index (χ4v) is 1.08. The molecule has 0 amide bonds. The Morgan fingerprint density at radius 3 is 3.08 bits per heavy atom. The van der Waals surface area contributed by atoms with Crippen LogP contribution in [0.2, 0.25) is 0 Å². The van der Waals surface area contributed by atoms with Gasteiger partial charge in [0.25, 0.3) is 0 Å². The predicted octanol–water partition coefficient (Wildman–Crippen LogP) is 0.764. The summed E-state index contributed by atoms with van der Waals surface area (Å²) < 4.78 is 0. The SMILES string of the molecule is Cc1nc(CCNCCC#N)c[nH]1. The summed E-state index contributed by atoms with van der Waals surface area (Å²) >= 11 is 0. The van der Waals surface area contributed by atoms with E-state index in [1.165, 1.54) is 0 Å². The van der Waals surface area contributed by atoms with Crippen LogP contribution in [0.1, 0.15) is 17.9 Å². The van der Waals surface area contributed by atoms with Gasteiger partial charge in [-0.1, -0.05) is 0 Å². The molecule has 0 bridgehead atoms. The Morgan fingerprint density at radius 1 is 1.62 bits per heavy atom. The van der Waals surface area contributed by atoms with Crippen molar-refractivity contribution in [3.63, 3.8) is 0 Å². The van der Waals surface area contributed by atoms with Crippen LogP contribution < -0.4 is 5.32 Å². The first-order chi connectivity index (χ1) is 6.33. The molecule has 2 N–H and O–H groups in total. The van der Waals surface area contributed by atoms with Gasteiger partial charge in [-0.05, 0) is 6.92 Å². The van der Waals surface area contributed by atoms with Crippen molar-refractivity contribution in [3.8, 4) is 6.07 Å². The van der Waals surface area contributed by atoms with Gasteiger partial charge >= 0.3 is 0 Å². The van der Waals surface area contributed by atoms with Crippen molar-refractivity contribution >= 4 is 0 Å². The molecule has 4 nitrogen and oxygen atoms in total. The molecule has 0 spiro atoms. The highest BCUT2D eigenvalue weighted by molar-refractivity contribution is 5.00. The van der Waals surface area contributed by atoms with Crippen LogP contribution >= 0.6 is 0 Å². The third-order valence-corrected chi connectivity index (χ3v) is 1.73. The normalized spacial score (nSPS) is 9.85. The highest BCUT2D eigenvalue weighted by atomic mass is 14.9. The first-order valence-corrected chi connectivity index (χ1v) is 4.41. The zero-order valence-corrected chi connectivity index (χ0v) is 7.80. The topological polar surface area (TPSA) is 64.5 Å². The van der Waals surface area contributed by atoms with E-state index in [0.717, 1.165) is 31.0 Å². The van der Waals surface area contributed by atoms with Crippen LogP contribution in [0.25, 0.3) is 0 Å². The van der Waals surface area contributed by atoms with E-state index >= 15 is 0 Å². The zero-order chi connectivity index (χ0) is 9.52. The van der Waals surface area contributed by atoms with Gasteiger partial charge in [-0.3, -0.25) is 0 Å². The van der Waals surface area contributed by atoms with Crippen molar-refractivity contribution in [2.24, 2.45) is 0 Å². The molecule has 0 aliphatic carbocycles. The summed E-state index contributed by atoms with van der Waals surface area (Å²) in [6.45, 7) is 3.58. The van der Waals surface area contributed by atoms with Crippen molar-refractivity contribution < 1.29 is 0 Å². The Bertz CT molecular complexity index is 284. The lowest BCUT2D eigenvalue weighted by atomic mass is 10.3. The second-order valence-electron chi connectivity index (χ2n) is 2.89. The van der Waals surface area contributed by atoms with Gasteiger partial charge in [0.15, 0.2) is 0 Å². The highest BCUT2D eigenvalue weighted by Crippen LogP contribution is 1.95. The van der Waals surface area contributed by atoms with E-state index in [-0.39, 0.29) is 0 Å². The number of rotatable bonds is 5. The molecule has 0 saturated heterocycles. The molecule has 0 aliphatic heterocycles. The van der Waals surface area contributed by atoms with E-state index in [4.69, 9.17) is 5.26 Å². The Kier molecular flexibility index (Phi) is 4.00. The number of hydrogen-bond donors (Lipinski definition) is 2. The standard InChI is InChI=1S/C9H14N4/c1-8-12-7-9(13-8)3-6-11-5-2-4-10/h7,11H,2-3,5-6H2,1H3,(H,12,13). The zero-order valence-electron chi connectivity index (χ0n) is 7.80. The number of nitriles is 1. The fourth-order valence-electron chi connectivity index (χ4n) is 1.08. The van der Waals surface area contributed by atoms with Crippen LogP contribution in [-0.4, -0.2) is 23.1 Å². The average Bonchev–Trinajstić information content (AvgIpc) is 2.51. The van der Waals surface area contributed by atoms with Crippen LogP contribution in [0.4, 0.5) is 0 Å². The van der Waals surface area contributed by atoms with Gasteiger partial charge in [0, 0.05) is 32.1 Å². The Balaban J connectivity index is 2.10. The lowest BCUT2D eigenvalue weighted by molar-refractivity contribution is 0.686. The minimum absolute atomic E-state index is 0.569. The molecule has 0 aliphatic rings. The Morgan fingerprint density at radius 2 is 2.46 bits per heavy atom. The second kappa shape index (κ2) is 5.33. The van der Waals surface area contributed by atoms with Gasteiger partial charge < -0.3 is 10.3 Å². The Labute approximate surface area is 78.0 Å². The lowest BCUT2D eigenvalue weighted by Crippen LogP contribution is -2.18. The molecule has 0 saturated carbocycles. The quantitative estimate of drug-likeness (QED) is 0.654. The number of imidazole rings is 1. The van der Waals surface area contributed by atoms with Crippen molar-refractivity contribution in [1.29, 1.82) is 5.26 Å². The van der Waals surface area contributed by atoms with E-state index in [1.807, 2.05) is 13.1 Å². The maximum absolute atomic E-state index is 8.28. The van der Waals surface area contributed by atoms with Gasteiger partial charge in [-0.25, -0.2) is 4.98 Å². The number of aromatic nitrogens is 2. The minimum Gasteiger partial charge on any atom is -0.349 e. The minimum atomic E-state index is 0.569. The largest absolute Gasteiger partial charge is 0.349 e. The molecule has 1 aromatic rings. The molecule has 1 aromatic heterocycles. The molecule has 4 heteroatoms. The van der Waals surface area contributed by atoms with Gasteiger partial charge in [-0.15, -0.1) is 0 Å².